The Morgan fingerprint density at radius 2 is 1.93 bits per heavy atom. The topological polar surface area (TPSA) is 109 Å². The Bertz CT molecular complexity index is 324. The van der Waals surface area contributed by atoms with Gasteiger partial charge < -0.3 is 17.3 Å². The van der Waals surface area contributed by atoms with Gasteiger partial charge in [-0.15, -0.1) is 10.2 Å². The molecule has 1 heterocycles. The molecular weight excluding hydrogens is 192 g/mol. The van der Waals surface area contributed by atoms with Crippen molar-refractivity contribution in [2.45, 2.75) is 39.7 Å². The van der Waals surface area contributed by atoms with Crippen LogP contribution in [0.3, 0.4) is 0 Å². The van der Waals surface area contributed by atoms with Crippen molar-refractivity contribution in [1.29, 1.82) is 0 Å². The zero-order valence-electron chi connectivity index (χ0n) is 9.57. The van der Waals surface area contributed by atoms with Gasteiger partial charge in [0.15, 0.2) is 5.82 Å². The van der Waals surface area contributed by atoms with Crippen molar-refractivity contribution < 1.29 is 0 Å². The van der Waals surface area contributed by atoms with E-state index >= 15 is 0 Å². The summed E-state index contributed by atoms with van der Waals surface area (Å²) in [5, 5.41) is 7.54. The largest absolute Gasteiger partial charge is 0.366 e. The standard InChI is InChI=1S/C9H20N6/c1-9(2,3)5-6(10)4-7-13-14-8(11)15(7)12/h6H,4-5,10,12H2,1-3H3,(H2,11,14). The van der Waals surface area contributed by atoms with E-state index in [1.54, 1.807) is 0 Å². The van der Waals surface area contributed by atoms with Gasteiger partial charge in [0.25, 0.3) is 0 Å². The molecule has 0 saturated carbocycles. The lowest BCUT2D eigenvalue weighted by molar-refractivity contribution is 0.335. The zero-order chi connectivity index (χ0) is 11.6. The van der Waals surface area contributed by atoms with Crippen LogP contribution in [0.2, 0.25) is 0 Å². The van der Waals surface area contributed by atoms with Crippen LogP contribution >= 0.6 is 0 Å². The molecule has 0 spiro atoms. The number of rotatable bonds is 3. The number of hydrogen-bond acceptors (Lipinski definition) is 5. The average Bonchev–Trinajstić information content (AvgIpc) is 2.32. The van der Waals surface area contributed by atoms with Crippen molar-refractivity contribution in [2.75, 3.05) is 11.6 Å². The highest BCUT2D eigenvalue weighted by atomic mass is 15.4. The smallest absolute Gasteiger partial charge is 0.240 e. The minimum absolute atomic E-state index is 0.0240. The van der Waals surface area contributed by atoms with Crippen LogP contribution < -0.4 is 17.3 Å². The second kappa shape index (κ2) is 4.06. The van der Waals surface area contributed by atoms with Crippen molar-refractivity contribution in [1.82, 2.24) is 14.9 Å². The Labute approximate surface area is 89.8 Å². The second-order valence-electron chi connectivity index (χ2n) is 5.07. The number of nitrogens with zero attached hydrogens (tertiary/aromatic N) is 3. The van der Waals surface area contributed by atoms with E-state index in [4.69, 9.17) is 17.3 Å². The Balaban J connectivity index is 2.59. The number of hydrogen-bond donors (Lipinski definition) is 3. The van der Waals surface area contributed by atoms with Crippen molar-refractivity contribution in [3.8, 4) is 0 Å². The first-order valence-corrected chi connectivity index (χ1v) is 5.00. The maximum Gasteiger partial charge on any atom is 0.240 e. The lowest BCUT2D eigenvalue weighted by Gasteiger charge is -2.22. The lowest BCUT2D eigenvalue weighted by Crippen LogP contribution is -2.30. The molecule has 1 unspecified atom stereocenters. The third-order valence-electron chi connectivity index (χ3n) is 2.11. The molecule has 0 aliphatic rings. The lowest BCUT2D eigenvalue weighted by atomic mass is 9.87. The fourth-order valence-corrected chi connectivity index (χ4v) is 1.57. The van der Waals surface area contributed by atoms with Crippen LogP contribution in [0.15, 0.2) is 0 Å². The molecule has 0 fully saturated rings. The Morgan fingerprint density at radius 3 is 2.33 bits per heavy atom. The predicted octanol–water partition coefficient (Wildman–Crippen LogP) is -0.120. The van der Waals surface area contributed by atoms with Crippen molar-refractivity contribution in [2.24, 2.45) is 11.1 Å². The van der Waals surface area contributed by atoms with Gasteiger partial charge in [-0.25, -0.2) is 4.68 Å². The first-order chi connectivity index (χ1) is 6.79. The van der Waals surface area contributed by atoms with E-state index in [0.717, 1.165) is 6.42 Å². The van der Waals surface area contributed by atoms with Crippen molar-refractivity contribution in [3.63, 3.8) is 0 Å². The van der Waals surface area contributed by atoms with Gasteiger partial charge in [0.2, 0.25) is 5.95 Å². The first kappa shape index (κ1) is 11.8. The number of anilines is 1. The number of aromatic nitrogens is 3. The normalized spacial score (nSPS) is 14.1. The van der Waals surface area contributed by atoms with E-state index in [-0.39, 0.29) is 17.4 Å². The molecule has 0 amide bonds. The Hall–Kier alpha value is -1.30. The van der Waals surface area contributed by atoms with E-state index in [1.165, 1.54) is 4.68 Å². The van der Waals surface area contributed by atoms with Crippen LogP contribution in [0.25, 0.3) is 0 Å². The third kappa shape index (κ3) is 3.39. The van der Waals surface area contributed by atoms with Crippen LogP contribution in [0.1, 0.15) is 33.0 Å². The quantitative estimate of drug-likeness (QED) is 0.605. The summed E-state index contributed by atoms with van der Waals surface area (Å²) < 4.78 is 1.28. The van der Waals surface area contributed by atoms with Crippen LogP contribution in [-0.2, 0) is 6.42 Å². The molecule has 0 aromatic carbocycles. The van der Waals surface area contributed by atoms with E-state index in [2.05, 4.69) is 31.0 Å². The Kier molecular flexibility index (Phi) is 3.18. The minimum atomic E-state index is 0.0240. The first-order valence-electron chi connectivity index (χ1n) is 5.00. The van der Waals surface area contributed by atoms with Gasteiger partial charge in [0, 0.05) is 12.5 Å². The van der Waals surface area contributed by atoms with Gasteiger partial charge in [-0.2, -0.15) is 0 Å². The minimum Gasteiger partial charge on any atom is -0.366 e. The summed E-state index contributed by atoms with van der Waals surface area (Å²) in [6.07, 6.45) is 1.50. The highest BCUT2D eigenvalue weighted by Gasteiger charge is 2.18. The van der Waals surface area contributed by atoms with Gasteiger partial charge in [-0.3, -0.25) is 0 Å². The van der Waals surface area contributed by atoms with E-state index in [9.17, 15) is 0 Å². The molecule has 1 aromatic heterocycles. The summed E-state index contributed by atoms with van der Waals surface area (Å²) >= 11 is 0. The maximum atomic E-state index is 5.99. The molecule has 1 aromatic rings. The van der Waals surface area contributed by atoms with Gasteiger partial charge in [0.05, 0.1) is 0 Å². The summed E-state index contributed by atoms with van der Waals surface area (Å²) in [5.41, 5.74) is 11.7. The fourth-order valence-electron chi connectivity index (χ4n) is 1.57. The Morgan fingerprint density at radius 1 is 1.33 bits per heavy atom. The third-order valence-corrected chi connectivity index (χ3v) is 2.11. The molecule has 0 aliphatic carbocycles. The molecule has 0 aliphatic heterocycles. The van der Waals surface area contributed by atoms with Gasteiger partial charge in [0.1, 0.15) is 0 Å². The molecular formula is C9H20N6. The molecule has 86 valence electrons. The van der Waals surface area contributed by atoms with Crippen LogP contribution in [0.4, 0.5) is 5.95 Å². The molecule has 6 N–H and O–H groups in total. The molecule has 15 heavy (non-hydrogen) atoms. The van der Waals surface area contributed by atoms with Gasteiger partial charge in [-0.1, -0.05) is 20.8 Å². The SMILES string of the molecule is CC(C)(C)CC(N)Cc1nnc(N)n1N. The maximum absolute atomic E-state index is 5.99. The summed E-state index contributed by atoms with van der Waals surface area (Å²) in [7, 11) is 0. The summed E-state index contributed by atoms with van der Waals surface area (Å²) in [5.74, 6) is 6.47. The van der Waals surface area contributed by atoms with E-state index in [1.807, 2.05) is 0 Å². The molecule has 0 bridgehead atoms. The highest BCUT2D eigenvalue weighted by Crippen LogP contribution is 2.21. The highest BCUT2D eigenvalue weighted by molar-refractivity contribution is 5.17. The van der Waals surface area contributed by atoms with Crippen molar-refractivity contribution in [3.05, 3.63) is 5.82 Å². The van der Waals surface area contributed by atoms with Gasteiger partial charge >= 0.3 is 0 Å². The average molecular weight is 212 g/mol. The summed E-state index contributed by atoms with van der Waals surface area (Å²) in [4.78, 5) is 0. The molecule has 0 radical (unpaired) electrons. The number of nitrogens with two attached hydrogens (primary N) is 3. The fraction of sp³-hybridized carbons (Fsp3) is 0.778. The monoisotopic (exact) mass is 212 g/mol. The van der Waals surface area contributed by atoms with Crippen LogP contribution in [0, 0.1) is 5.41 Å². The van der Waals surface area contributed by atoms with E-state index < -0.39 is 0 Å². The summed E-state index contributed by atoms with van der Waals surface area (Å²) in [6, 6.07) is 0.0240. The molecule has 1 atom stereocenters. The molecule has 6 nitrogen and oxygen atoms in total. The number of nitrogen functional groups attached to an aromatic ring is 2. The van der Waals surface area contributed by atoms with Crippen molar-refractivity contribution >= 4 is 5.95 Å². The van der Waals surface area contributed by atoms with Crippen LogP contribution in [-0.4, -0.2) is 20.9 Å². The van der Waals surface area contributed by atoms with E-state index in [0.29, 0.717) is 12.2 Å². The summed E-state index contributed by atoms with van der Waals surface area (Å²) in [6.45, 7) is 6.44. The zero-order valence-corrected chi connectivity index (χ0v) is 9.57. The molecule has 6 heteroatoms. The second-order valence-corrected chi connectivity index (χ2v) is 5.07. The molecule has 1 rings (SSSR count). The molecule has 0 saturated heterocycles. The van der Waals surface area contributed by atoms with Gasteiger partial charge in [-0.05, 0) is 11.8 Å². The predicted molar refractivity (Wildman–Crippen MR) is 60.3 cm³/mol. The van der Waals surface area contributed by atoms with Crippen LogP contribution in [0.5, 0.6) is 0 Å².